The molecule has 9 nitrogen and oxygen atoms in total. The van der Waals surface area contributed by atoms with Crippen LogP contribution in [0.3, 0.4) is 0 Å². The zero-order chi connectivity index (χ0) is 54.8. The number of nitrogens with zero attached hydrogens (tertiary/aromatic N) is 1. The summed E-state index contributed by atoms with van der Waals surface area (Å²) in [6, 6.07) is 0. The van der Waals surface area contributed by atoms with E-state index in [-0.39, 0.29) is 38.6 Å². The van der Waals surface area contributed by atoms with Crippen LogP contribution in [0.15, 0.2) is 122 Å². The molecule has 9 heteroatoms. The van der Waals surface area contributed by atoms with Gasteiger partial charge in [-0.25, -0.2) is 4.79 Å². The van der Waals surface area contributed by atoms with Gasteiger partial charge in [-0.15, -0.1) is 0 Å². The lowest BCUT2D eigenvalue weighted by Crippen LogP contribution is -2.40. The van der Waals surface area contributed by atoms with Crippen molar-refractivity contribution in [3.8, 4) is 0 Å². The van der Waals surface area contributed by atoms with Crippen molar-refractivity contribution < 1.29 is 42.9 Å². The molecule has 0 aliphatic rings. The first kappa shape index (κ1) is 70.7. The van der Waals surface area contributed by atoms with Gasteiger partial charge in [-0.2, -0.15) is 0 Å². The average molecular weight is 1050 g/mol. The molecule has 0 aliphatic heterocycles. The highest BCUT2D eigenvalue weighted by Crippen LogP contribution is 2.15. The fourth-order valence-corrected chi connectivity index (χ4v) is 7.71. The quantitative estimate of drug-likeness (QED) is 0.0211. The minimum Gasteiger partial charge on any atom is -0.477 e. The van der Waals surface area contributed by atoms with Crippen LogP contribution < -0.4 is 0 Å². The second-order valence-electron chi connectivity index (χ2n) is 20.5. The lowest BCUT2D eigenvalue weighted by Gasteiger charge is -2.25. The molecule has 0 aromatic rings. The number of aliphatic carboxylic acids is 1. The number of ether oxygens (including phenoxy) is 4. The predicted octanol–water partition coefficient (Wildman–Crippen LogP) is 17.7. The Bertz CT molecular complexity index is 1640. The van der Waals surface area contributed by atoms with Gasteiger partial charge in [0.2, 0.25) is 0 Å². The molecule has 0 spiro atoms. The Morgan fingerprint density at radius 3 is 1.07 bits per heavy atom. The van der Waals surface area contributed by atoms with Gasteiger partial charge in [-0.05, 0) is 103 Å². The molecule has 0 bridgehead atoms. The normalized spacial score (nSPS) is 13.7. The van der Waals surface area contributed by atoms with E-state index >= 15 is 0 Å². The number of hydrogen-bond donors (Lipinski definition) is 1. The Balaban J connectivity index is 4.28. The molecule has 0 aromatic heterocycles. The van der Waals surface area contributed by atoms with Crippen molar-refractivity contribution in [2.45, 2.75) is 232 Å². The number of esters is 2. The van der Waals surface area contributed by atoms with Crippen LogP contribution in [-0.4, -0.2) is 87.4 Å². The van der Waals surface area contributed by atoms with Crippen LogP contribution in [0.5, 0.6) is 0 Å². The van der Waals surface area contributed by atoms with Crippen molar-refractivity contribution in [1.29, 1.82) is 0 Å². The number of hydrogen-bond acceptors (Lipinski definition) is 7. The molecule has 0 fully saturated rings. The molecule has 1 N–H and O–H groups in total. The molecule has 0 aliphatic carbocycles. The Labute approximate surface area is 459 Å². The fourth-order valence-electron chi connectivity index (χ4n) is 7.71. The van der Waals surface area contributed by atoms with E-state index in [4.69, 9.17) is 18.9 Å². The van der Waals surface area contributed by atoms with Crippen molar-refractivity contribution in [2.75, 3.05) is 47.5 Å². The highest BCUT2D eigenvalue weighted by Gasteiger charge is 2.25. The Kier molecular flexibility index (Phi) is 52.7. The number of carbonyl (C=O) groups is 3. The number of unbranched alkanes of at least 4 members (excludes halogenated alkanes) is 18. The Morgan fingerprint density at radius 1 is 0.400 bits per heavy atom. The van der Waals surface area contributed by atoms with Gasteiger partial charge in [0.15, 0.2) is 6.10 Å². The van der Waals surface area contributed by atoms with Crippen LogP contribution >= 0.6 is 0 Å². The molecule has 426 valence electrons. The van der Waals surface area contributed by atoms with E-state index in [1.165, 1.54) is 64.2 Å². The van der Waals surface area contributed by atoms with E-state index in [1.807, 2.05) is 21.1 Å². The number of allylic oxidation sites excluding steroid dienone is 20. The van der Waals surface area contributed by atoms with Gasteiger partial charge >= 0.3 is 17.9 Å². The average Bonchev–Trinajstić information content (AvgIpc) is 3.38. The third kappa shape index (κ3) is 57.2. The summed E-state index contributed by atoms with van der Waals surface area (Å²) in [7, 11) is 5.96. The number of likely N-dealkylation sites (N-methyl/N-ethyl adjacent to an activating group) is 1. The molecule has 0 radical (unpaired) electrons. The largest absolute Gasteiger partial charge is 0.477 e. The molecule has 0 saturated heterocycles. The molecule has 0 heterocycles. The maximum Gasteiger partial charge on any atom is 0.361 e. The maximum absolute atomic E-state index is 12.9. The number of quaternary nitrogens is 1. The molecule has 75 heavy (non-hydrogen) atoms. The van der Waals surface area contributed by atoms with E-state index in [0.29, 0.717) is 17.4 Å². The van der Waals surface area contributed by atoms with Crippen LogP contribution in [0.25, 0.3) is 0 Å². The minimum atomic E-state index is -1.52. The van der Waals surface area contributed by atoms with E-state index in [0.717, 1.165) is 122 Å². The summed E-state index contributed by atoms with van der Waals surface area (Å²) in [4.78, 5) is 37.5. The first-order chi connectivity index (χ1) is 36.6. The van der Waals surface area contributed by atoms with Crippen LogP contribution in [0.2, 0.25) is 0 Å². The van der Waals surface area contributed by atoms with Crippen LogP contribution in [0.1, 0.15) is 219 Å². The zero-order valence-corrected chi connectivity index (χ0v) is 48.4. The van der Waals surface area contributed by atoms with Crippen molar-refractivity contribution in [2.24, 2.45) is 0 Å². The fraction of sp³-hybridized carbons (Fsp3) is 0.652. The van der Waals surface area contributed by atoms with Crippen molar-refractivity contribution >= 4 is 17.9 Å². The van der Waals surface area contributed by atoms with Gasteiger partial charge in [0.1, 0.15) is 13.2 Å². The van der Waals surface area contributed by atoms with Crippen LogP contribution in [0, 0.1) is 0 Å². The lowest BCUT2D eigenvalue weighted by atomic mass is 10.0. The molecular weight excluding hydrogens is 935 g/mol. The topological polar surface area (TPSA) is 108 Å². The highest BCUT2D eigenvalue weighted by molar-refractivity contribution is 5.71. The van der Waals surface area contributed by atoms with Gasteiger partial charge in [-0.1, -0.05) is 225 Å². The zero-order valence-electron chi connectivity index (χ0n) is 48.4. The second-order valence-corrected chi connectivity index (χ2v) is 20.5. The maximum atomic E-state index is 12.9. The lowest BCUT2D eigenvalue weighted by molar-refractivity contribution is -0.870. The Hall–Kier alpha value is -4.31. The molecular formula is C66H110NO8+. The summed E-state index contributed by atoms with van der Waals surface area (Å²) >= 11 is 0. The number of carbonyl (C=O) groups excluding carboxylic acids is 2. The molecule has 0 rings (SSSR count). The summed E-state index contributed by atoms with van der Waals surface area (Å²) in [6.45, 7) is 4.63. The third-order valence-corrected chi connectivity index (χ3v) is 12.2. The second kappa shape index (κ2) is 55.9. The number of carboxylic acids is 1. The van der Waals surface area contributed by atoms with Crippen LogP contribution in [0.4, 0.5) is 0 Å². The van der Waals surface area contributed by atoms with Crippen molar-refractivity contribution in [1.82, 2.24) is 0 Å². The summed E-state index contributed by atoms with van der Waals surface area (Å²) in [5, 5.41) is 9.71. The van der Waals surface area contributed by atoms with E-state index in [1.54, 1.807) is 0 Å². The van der Waals surface area contributed by atoms with Gasteiger partial charge in [0.25, 0.3) is 6.29 Å². The van der Waals surface area contributed by atoms with Gasteiger partial charge in [-0.3, -0.25) is 9.59 Å². The third-order valence-electron chi connectivity index (χ3n) is 12.2. The first-order valence-electron chi connectivity index (χ1n) is 29.7. The smallest absolute Gasteiger partial charge is 0.361 e. The summed E-state index contributed by atoms with van der Waals surface area (Å²) in [5.74, 6) is -2.03. The van der Waals surface area contributed by atoms with Crippen molar-refractivity contribution in [3.63, 3.8) is 0 Å². The monoisotopic (exact) mass is 1040 g/mol. The van der Waals surface area contributed by atoms with Crippen molar-refractivity contribution in [3.05, 3.63) is 122 Å². The molecule has 2 unspecified atom stereocenters. The minimum absolute atomic E-state index is 0.179. The van der Waals surface area contributed by atoms with Crippen LogP contribution in [-0.2, 0) is 33.3 Å². The Morgan fingerprint density at radius 2 is 0.720 bits per heavy atom. The van der Waals surface area contributed by atoms with Gasteiger partial charge in [0.05, 0.1) is 34.4 Å². The predicted molar refractivity (Wildman–Crippen MR) is 318 cm³/mol. The molecule has 0 amide bonds. The molecule has 0 saturated carbocycles. The highest BCUT2D eigenvalue weighted by atomic mass is 16.7. The molecule has 2 atom stereocenters. The van der Waals surface area contributed by atoms with E-state index in [2.05, 4.69) is 135 Å². The summed E-state index contributed by atoms with van der Waals surface area (Å²) in [6.07, 6.45) is 75.5. The number of rotatable bonds is 53. The molecule has 0 aromatic carbocycles. The van der Waals surface area contributed by atoms with E-state index in [9.17, 15) is 19.5 Å². The number of carboxylic acid groups (broad SMARTS) is 1. The summed E-state index contributed by atoms with van der Waals surface area (Å²) < 4.78 is 22.9. The standard InChI is InChI=1S/C66H109NO8/c1-6-8-10-12-14-16-18-20-22-24-26-28-29-30-31-32-33-34-35-37-39-41-43-45-47-49-51-53-55-57-64(69)75-62(61-74-66(65(70)71)72-59-58-67(3,4)5)60-73-63(68)56-54-52-50-48-46-44-42-40-38-36-27-25-23-21-19-17-15-13-11-9-7-2/h8-11,14-17,20-23,26-28,30-31,33-34,36,62,66H,6-7,12-13,18-19,24-25,29,32,35,37-61H2,1-5H3/p+1/b10-8-,11-9-,16-14-,17-15-,22-20-,23-21-,28-26-,31-30-,34-33-,36-27-. The SMILES string of the molecule is CC/C=C\C/C=C\C/C=C\C/C=C\C/C=C\C/C=C\CCCCCCCCCCCCC(=O)OC(COC(=O)CCCCCCCCCC/C=C\C/C=C\C/C=C\C/C=C\CC)COC(OCC[N+](C)(C)C)C(=O)O. The summed E-state index contributed by atoms with van der Waals surface area (Å²) in [5.41, 5.74) is 0. The first-order valence-corrected chi connectivity index (χ1v) is 29.7. The van der Waals surface area contributed by atoms with Gasteiger partial charge < -0.3 is 28.5 Å². The van der Waals surface area contributed by atoms with E-state index < -0.39 is 24.3 Å². The van der Waals surface area contributed by atoms with Gasteiger partial charge in [0, 0.05) is 12.8 Å².